The Hall–Kier alpha value is -0.790. The molecule has 0 atom stereocenters. The highest BCUT2D eigenvalue weighted by molar-refractivity contribution is 5.77. The number of hydrogen-bond acceptors (Lipinski definition) is 2. The van der Waals surface area contributed by atoms with Gasteiger partial charge in [0, 0.05) is 0 Å². The summed E-state index contributed by atoms with van der Waals surface area (Å²) in [5.74, 6) is -0.192. The van der Waals surface area contributed by atoms with Gasteiger partial charge in [0.25, 0.3) is 0 Å². The molecule has 0 aromatic carbocycles. The van der Waals surface area contributed by atoms with Gasteiger partial charge in [0.1, 0.15) is 0 Å². The Bertz CT molecular complexity index is 157. The Balaban J connectivity index is 4.20. The monoisotopic (exact) mass is 156 g/mol. The van der Waals surface area contributed by atoms with E-state index in [0.717, 1.165) is 6.42 Å². The summed E-state index contributed by atoms with van der Waals surface area (Å²) in [5.41, 5.74) is -0.481. The molecule has 0 amide bonds. The van der Waals surface area contributed by atoms with E-state index in [4.69, 9.17) is 0 Å². The van der Waals surface area contributed by atoms with E-state index in [-0.39, 0.29) is 5.97 Å². The number of esters is 1. The molecule has 0 spiro atoms. The van der Waals surface area contributed by atoms with E-state index >= 15 is 0 Å². The smallest absolute Gasteiger partial charge is 0.315 e. The van der Waals surface area contributed by atoms with Crippen LogP contribution in [-0.2, 0) is 9.53 Å². The molecule has 0 saturated heterocycles. The van der Waals surface area contributed by atoms with E-state index in [9.17, 15) is 4.79 Å². The zero-order valence-corrected chi connectivity index (χ0v) is 7.68. The molecule has 0 fully saturated rings. The normalized spacial score (nSPS) is 12.0. The topological polar surface area (TPSA) is 26.3 Å². The summed E-state index contributed by atoms with van der Waals surface area (Å²) in [7, 11) is 1.41. The number of ether oxygens (including phenoxy) is 1. The Morgan fingerprint density at radius 3 is 2.45 bits per heavy atom. The largest absolute Gasteiger partial charge is 0.468 e. The van der Waals surface area contributed by atoms with E-state index in [1.807, 2.05) is 32.9 Å². The van der Waals surface area contributed by atoms with Crippen molar-refractivity contribution in [2.24, 2.45) is 5.41 Å². The molecule has 0 aliphatic carbocycles. The van der Waals surface area contributed by atoms with Gasteiger partial charge in [-0.1, -0.05) is 19.1 Å². The molecular weight excluding hydrogens is 140 g/mol. The minimum absolute atomic E-state index is 0.192. The molecule has 2 nitrogen and oxygen atoms in total. The van der Waals surface area contributed by atoms with Crippen molar-refractivity contribution in [3.63, 3.8) is 0 Å². The quantitative estimate of drug-likeness (QED) is 0.462. The van der Waals surface area contributed by atoms with Gasteiger partial charge in [0.05, 0.1) is 12.5 Å². The highest BCUT2D eigenvalue weighted by Gasteiger charge is 2.24. The predicted octanol–water partition coefficient (Wildman–Crippen LogP) is 2.15. The molecule has 0 aromatic heterocycles. The van der Waals surface area contributed by atoms with E-state index in [1.54, 1.807) is 0 Å². The second-order valence-electron chi connectivity index (χ2n) is 3.02. The van der Waals surface area contributed by atoms with Gasteiger partial charge in [-0.15, -0.1) is 0 Å². The van der Waals surface area contributed by atoms with Crippen molar-refractivity contribution >= 4 is 5.97 Å². The van der Waals surface area contributed by atoms with Crippen LogP contribution in [0.2, 0.25) is 0 Å². The molecule has 0 radical (unpaired) electrons. The van der Waals surface area contributed by atoms with Crippen molar-refractivity contribution in [1.82, 2.24) is 0 Å². The van der Waals surface area contributed by atoms with Gasteiger partial charge in [-0.2, -0.15) is 0 Å². The fourth-order valence-corrected chi connectivity index (χ4v) is 0.744. The van der Waals surface area contributed by atoms with Gasteiger partial charge in [-0.25, -0.2) is 0 Å². The first-order valence-corrected chi connectivity index (χ1v) is 3.80. The second-order valence-corrected chi connectivity index (χ2v) is 3.02. The summed E-state index contributed by atoms with van der Waals surface area (Å²) in [6.07, 6.45) is 4.79. The molecular formula is C9H16O2. The summed E-state index contributed by atoms with van der Waals surface area (Å²) < 4.78 is 4.62. The summed E-state index contributed by atoms with van der Waals surface area (Å²) in [6, 6.07) is 0. The van der Waals surface area contributed by atoms with Crippen molar-refractivity contribution in [1.29, 1.82) is 0 Å². The van der Waals surface area contributed by atoms with Gasteiger partial charge in [0.2, 0.25) is 0 Å². The fourth-order valence-electron chi connectivity index (χ4n) is 0.744. The van der Waals surface area contributed by atoms with Crippen LogP contribution in [0, 0.1) is 5.41 Å². The number of methoxy groups -OCH3 is 1. The zero-order chi connectivity index (χ0) is 8.91. The molecule has 11 heavy (non-hydrogen) atoms. The predicted molar refractivity (Wildman–Crippen MR) is 45.2 cm³/mol. The minimum atomic E-state index is -0.481. The Morgan fingerprint density at radius 1 is 1.55 bits per heavy atom. The SMILES string of the molecule is CC/C=C/C(C)(C)C(=O)OC. The van der Waals surface area contributed by atoms with E-state index < -0.39 is 5.41 Å². The third kappa shape index (κ3) is 3.21. The van der Waals surface area contributed by atoms with E-state index in [2.05, 4.69) is 4.74 Å². The Kier molecular flexibility index (Phi) is 3.86. The summed E-state index contributed by atoms with van der Waals surface area (Å²) in [5, 5.41) is 0. The van der Waals surface area contributed by atoms with Gasteiger partial charge in [0.15, 0.2) is 0 Å². The minimum Gasteiger partial charge on any atom is -0.468 e. The fraction of sp³-hybridized carbons (Fsp3) is 0.667. The molecule has 0 aromatic rings. The maximum Gasteiger partial charge on any atom is 0.315 e. The molecule has 0 aliphatic heterocycles. The van der Waals surface area contributed by atoms with Crippen molar-refractivity contribution in [2.45, 2.75) is 27.2 Å². The van der Waals surface area contributed by atoms with Gasteiger partial charge < -0.3 is 4.74 Å². The van der Waals surface area contributed by atoms with Crippen molar-refractivity contribution in [3.8, 4) is 0 Å². The molecule has 0 N–H and O–H groups in total. The summed E-state index contributed by atoms with van der Waals surface area (Å²) in [6.45, 7) is 5.71. The lowest BCUT2D eigenvalue weighted by molar-refractivity contribution is -0.148. The van der Waals surface area contributed by atoms with Gasteiger partial charge >= 0.3 is 5.97 Å². The van der Waals surface area contributed by atoms with Crippen molar-refractivity contribution < 1.29 is 9.53 Å². The van der Waals surface area contributed by atoms with Crippen LogP contribution in [0.1, 0.15) is 27.2 Å². The van der Waals surface area contributed by atoms with Crippen molar-refractivity contribution in [2.75, 3.05) is 7.11 Å². The molecule has 0 aliphatic rings. The van der Waals surface area contributed by atoms with Crippen LogP contribution in [0.15, 0.2) is 12.2 Å². The molecule has 0 heterocycles. The number of rotatable bonds is 3. The number of carbonyl (C=O) groups excluding carboxylic acids is 1. The van der Waals surface area contributed by atoms with Crippen LogP contribution < -0.4 is 0 Å². The highest BCUT2D eigenvalue weighted by Crippen LogP contribution is 2.18. The van der Waals surface area contributed by atoms with Crippen LogP contribution in [-0.4, -0.2) is 13.1 Å². The van der Waals surface area contributed by atoms with Gasteiger partial charge in [-0.05, 0) is 20.3 Å². The van der Waals surface area contributed by atoms with Gasteiger partial charge in [-0.3, -0.25) is 4.79 Å². The maximum atomic E-state index is 11.1. The van der Waals surface area contributed by atoms with Crippen LogP contribution in [0.25, 0.3) is 0 Å². The number of carbonyl (C=O) groups is 1. The summed E-state index contributed by atoms with van der Waals surface area (Å²) >= 11 is 0. The highest BCUT2D eigenvalue weighted by atomic mass is 16.5. The Labute approximate surface area is 68.2 Å². The number of allylic oxidation sites excluding steroid dienone is 1. The van der Waals surface area contributed by atoms with Crippen LogP contribution >= 0.6 is 0 Å². The first-order chi connectivity index (χ1) is 5.04. The van der Waals surface area contributed by atoms with Crippen LogP contribution in [0.5, 0.6) is 0 Å². The van der Waals surface area contributed by atoms with E-state index in [1.165, 1.54) is 7.11 Å². The van der Waals surface area contributed by atoms with Crippen LogP contribution in [0.3, 0.4) is 0 Å². The lowest BCUT2D eigenvalue weighted by Crippen LogP contribution is -2.22. The first-order valence-electron chi connectivity index (χ1n) is 3.80. The van der Waals surface area contributed by atoms with E-state index in [0.29, 0.717) is 0 Å². The first kappa shape index (κ1) is 10.2. The molecule has 0 bridgehead atoms. The average molecular weight is 156 g/mol. The lowest BCUT2D eigenvalue weighted by atomic mass is 9.93. The maximum absolute atomic E-state index is 11.1. The average Bonchev–Trinajstić information content (AvgIpc) is 1.99. The lowest BCUT2D eigenvalue weighted by Gasteiger charge is -2.15. The second kappa shape index (κ2) is 4.16. The summed E-state index contributed by atoms with van der Waals surface area (Å²) in [4.78, 5) is 11.1. The van der Waals surface area contributed by atoms with Crippen molar-refractivity contribution in [3.05, 3.63) is 12.2 Å². The molecule has 0 rings (SSSR count). The third-order valence-electron chi connectivity index (χ3n) is 1.48. The zero-order valence-electron chi connectivity index (χ0n) is 7.68. The molecule has 0 saturated carbocycles. The Morgan fingerprint density at radius 2 is 2.09 bits per heavy atom. The molecule has 0 unspecified atom stereocenters. The molecule has 64 valence electrons. The standard InChI is InChI=1S/C9H16O2/c1-5-6-7-9(2,3)8(10)11-4/h6-7H,5H2,1-4H3/b7-6+. The number of hydrogen-bond donors (Lipinski definition) is 0. The molecule has 2 heteroatoms. The van der Waals surface area contributed by atoms with Crippen LogP contribution in [0.4, 0.5) is 0 Å². The third-order valence-corrected chi connectivity index (χ3v) is 1.48.